The molecule has 1 aromatic rings. The van der Waals surface area contributed by atoms with Gasteiger partial charge in [0.05, 0.1) is 6.54 Å². The monoisotopic (exact) mass is 284 g/mol. The highest BCUT2D eigenvalue weighted by molar-refractivity contribution is 5.22. The molecule has 1 saturated heterocycles. The van der Waals surface area contributed by atoms with Crippen LogP contribution in [0.3, 0.4) is 0 Å². The second-order valence-electron chi connectivity index (χ2n) is 6.14. The van der Waals surface area contributed by atoms with Crippen molar-refractivity contribution >= 4 is 0 Å². The summed E-state index contributed by atoms with van der Waals surface area (Å²) in [7, 11) is 0. The molecule has 114 valence electrons. The molecular weight excluding hydrogens is 256 g/mol. The lowest BCUT2D eigenvalue weighted by Crippen LogP contribution is -2.49. The predicted octanol–water partition coefficient (Wildman–Crippen LogP) is 3.98. The Morgan fingerprint density at radius 3 is 2.57 bits per heavy atom. The average Bonchev–Trinajstić information content (AvgIpc) is 2.48. The summed E-state index contributed by atoms with van der Waals surface area (Å²) in [6.45, 7) is 18.0. The van der Waals surface area contributed by atoms with Gasteiger partial charge in [-0.15, -0.1) is 0 Å². The fraction of sp³-hybridized carbons (Fsp3) is 0.474. The van der Waals surface area contributed by atoms with Crippen molar-refractivity contribution in [3.63, 3.8) is 0 Å². The van der Waals surface area contributed by atoms with Crippen LogP contribution in [0.5, 0.6) is 0 Å². The number of hydrogen-bond donors (Lipinski definition) is 0. The molecule has 0 N–H and O–H groups in total. The molecule has 1 heterocycles. The molecule has 0 aromatic heterocycles. The van der Waals surface area contributed by atoms with Crippen LogP contribution in [0.4, 0.5) is 0 Å². The molecule has 0 radical (unpaired) electrons. The fourth-order valence-corrected chi connectivity index (χ4v) is 2.89. The third-order valence-corrected chi connectivity index (χ3v) is 4.42. The number of hydrogen-bond acceptors (Lipinski definition) is 2. The van der Waals surface area contributed by atoms with Gasteiger partial charge in [0.15, 0.2) is 0 Å². The third kappa shape index (κ3) is 3.90. The van der Waals surface area contributed by atoms with Crippen LogP contribution in [0.25, 0.3) is 0 Å². The third-order valence-electron chi connectivity index (χ3n) is 4.42. The zero-order chi connectivity index (χ0) is 15.4. The first-order chi connectivity index (χ1) is 10.0. The van der Waals surface area contributed by atoms with E-state index >= 15 is 0 Å². The van der Waals surface area contributed by atoms with Crippen molar-refractivity contribution in [3.05, 3.63) is 59.9 Å². The van der Waals surface area contributed by atoms with Crippen LogP contribution in [0, 0.1) is 6.92 Å². The standard InChI is InChI=1S/C19H28N2/c1-6-16(3)21-14-17(4)20(13-18(21)5)12-11-19-9-7-15(2)8-10-19/h7-10,18H,3-4,6,11-14H2,1-2,5H3. The summed E-state index contributed by atoms with van der Waals surface area (Å²) in [5.74, 6) is 0. The zero-order valence-electron chi connectivity index (χ0n) is 13.7. The van der Waals surface area contributed by atoms with Crippen molar-refractivity contribution < 1.29 is 0 Å². The molecule has 0 amide bonds. The van der Waals surface area contributed by atoms with Gasteiger partial charge in [0, 0.05) is 30.5 Å². The number of aryl methyl sites for hydroxylation is 1. The van der Waals surface area contributed by atoms with Crippen molar-refractivity contribution in [2.24, 2.45) is 0 Å². The highest BCUT2D eigenvalue weighted by atomic mass is 15.3. The van der Waals surface area contributed by atoms with Crippen LogP contribution in [-0.4, -0.2) is 35.5 Å². The number of rotatable bonds is 5. The first kappa shape index (κ1) is 15.7. The van der Waals surface area contributed by atoms with Gasteiger partial charge < -0.3 is 9.80 Å². The van der Waals surface area contributed by atoms with E-state index in [1.165, 1.54) is 22.5 Å². The summed E-state index contributed by atoms with van der Waals surface area (Å²) in [6, 6.07) is 9.36. The SMILES string of the molecule is C=C1CN(C(=C)CC)C(C)CN1CCc1ccc(C)cc1. The number of benzene rings is 1. The Bertz CT molecular complexity index is 501. The van der Waals surface area contributed by atoms with Crippen LogP contribution < -0.4 is 0 Å². The quantitative estimate of drug-likeness (QED) is 0.807. The molecule has 0 aliphatic carbocycles. The molecule has 1 aliphatic heterocycles. The number of piperazine rings is 1. The predicted molar refractivity (Wildman–Crippen MR) is 91.2 cm³/mol. The van der Waals surface area contributed by atoms with Gasteiger partial charge in [-0.3, -0.25) is 0 Å². The largest absolute Gasteiger partial charge is 0.371 e. The Labute approximate surface area is 129 Å². The molecule has 0 spiro atoms. The average molecular weight is 284 g/mol. The van der Waals surface area contributed by atoms with Crippen molar-refractivity contribution in [2.75, 3.05) is 19.6 Å². The van der Waals surface area contributed by atoms with Gasteiger partial charge >= 0.3 is 0 Å². The molecule has 2 heteroatoms. The Balaban J connectivity index is 1.92. The number of nitrogens with zero attached hydrogens (tertiary/aromatic N) is 2. The topological polar surface area (TPSA) is 6.48 Å². The smallest absolute Gasteiger partial charge is 0.0573 e. The zero-order valence-corrected chi connectivity index (χ0v) is 13.7. The minimum Gasteiger partial charge on any atom is -0.371 e. The molecule has 21 heavy (non-hydrogen) atoms. The Morgan fingerprint density at radius 2 is 1.95 bits per heavy atom. The second kappa shape index (κ2) is 6.84. The molecule has 0 saturated carbocycles. The van der Waals surface area contributed by atoms with E-state index < -0.39 is 0 Å². The summed E-state index contributed by atoms with van der Waals surface area (Å²) in [5, 5.41) is 0. The molecule has 2 rings (SSSR count). The van der Waals surface area contributed by atoms with Crippen molar-refractivity contribution in [2.45, 2.75) is 39.7 Å². The van der Waals surface area contributed by atoms with Crippen LogP contribution in [0.1, 0.15) is 31.4 Å². The van der Waals surface area contributed by atoms with Gasteiger partial charge in [0.2, 0.25) is 0 Å². The summed E-state index contributed by atoms with van der Waals surface area (Å²) in [4.78, 5) is 4.83. The van der Waals surface area contributed by atoms with Gasteiger partial charge in [-0.05, 0) is 32.3 Å². The summed E-state index contributed by atoms with van der Waals surface area (Å²) in [5.41, 5.74) is 5.17. The Hall–Kier alpha value is -1.70. The first-order valence-corrected chi connectivity index (χ1v) is 7.94. The maximum Gasteiger partial charge on any atom is 0.0573 e. The maximum absolute atomic E-state index is 4.27. The van der Waals surface area contributed by atoms with E-state index in [-0.39, 0.29) is 0 Å². The number of allylic oxidation sites excluding steroid dienone is 1. The minimum absolute atomic E-state index is 0.515. The van der Waals surface area contributed by atoms with E-state index in [1.807, 2.05) is 0 Å². The van der Waals surface area contributed by atoms with Crippen molar-refractivity contribution in [1.82, 2.24) is 9.80 Å². The summed E-state index contributed by atoms with van der Waals surface area (Å²) >= 11 is 0. The molecule has 0 bridgehead atoms. The maximum atomic E-state index is 4.27. The molecule has 1 aliphatic rings. The van der Waals surface area contributed by atoms with E-state index in [1.54, 1.807) is 0 Å². The molecule has 2 nitrogen and oxygen atoms in total. The molecule has 1 unspecified atom stereocenters. The lowest BCUT2D eigenvalue weighted by atomic mass is 10.1. The molecule has 1 fully saturated rings. The first-order valence-electron chi connectivity index (χ1n) is 7.94. The van der Waals surface area contributed by atoms with Gasteiger partial charge in [-0.1, -0.05) is 49.9 Å². The van der Waals surface area contributed by atoms with E-state index in [4.69, 9.17) is 0 Å². The lowest BCUT2D eigenvalue weighted by molar-refractivity contribution is 0.151. The van der Waals surface area contributed by atoms with Crippen LogP contribution in [-0.2, 0) is 6.42 Å². The highest BCUT2D eigenvalue weighted by Crippen LogP contribution is 2.22. The summed E-state index contributed by atoms with van der Waals surface area (Å²) in [6.07, 6.45) is 2.10. The lowest BCUT2D eigenvalue weighted by Gasteiger charge is -2.44. The van der Waals surface area contributed by atoms with Crippen molar-refractivity contribution in [3.8, 4) is 0 Å². The van der Waals surface area contributed by atoms with Crippen LogP contribution in [0.2, 0.25) is 0 Å². The van der Waals surface area contributed by atoms with E-state index in [0.29, 0.717) is 6.04 Å². The van der Waals surface area contributed by atoms with Gasteiger partial charge in [-0.25, -0.2) is 0 Å². The van der Waals surface area contributed by atoms with Crippen molar-refractivity contribution in [1.29, 1.82) is 0 Å². The molecule has 1 atom stereocenters. The minimum atomic E-state index is 0.515. The van der Waals surface area contributed by atoms with Crippen LogP contribution >= 0.6 is 0 Å². The van der Waals surface area contributed by atoms with E-state index in [0.717, 1.165) is 32.5 Å². The van der Waals surface area contributed by atoms with Gasteiger partial charge in [-0.2, -0.15) is 0 Å². The fourth-order valence-electron chi connectivity index (χ4n) is 2.89. The summed E-state index contributed by atoms with van der Waals surface area (Å²) < 4.78 is 0. The van der Waals surface area contributed by atoms with E-state index in [9.17, 15) is 0 Å². The van der Waals surface area contributed by atoms with E-state index in [2.05, 4.69) is 68.0 Å². The Kier molecular flexibility index (Phi) is 5.11. The highest BCUT2D eigenvalue weighted by Gasteiger charge is 2.25. The molecule has 1 aromatic carbocycles. The van der Waals surface area contributed by atoms with Gasteiger partial charge in [0.25, 0.3) is 0 Å². The Morgan fingerprint density at radius 1 is 1.29 bits per heavy atom. The van der Waals surface area contributed by atoms with Crippen LogP contribution in [0.15, 0.2) is 48.8 Å². The van der Waals surface area contributed by atoms with Gasteiger partial charge in [0.1, 0.15) is 0 Å². The normalized spacial score (nSPS) is 19.0. The molecular formula is C19H28N2. The second-order valence-corrected chi connectivity index (χ2v) is 6.14.